The second-order valence-electron chi connectivity index (χ2n) is 5.21. The SMILES string of the molecule is CCC(C)CC(C)Nc1c(Cl)cc(N)cc1C(=O)OC. The van der Waals surface area contributed by atoms with E-state index in [-0.39, 0.29) is 6.04 Å². The van der Waals surface area contributed by atoms with Gasteiger partial charge in [0.2, 0.25) is 0 Å². The van der Waals surface area contributed by atoms with Crippen molar-refractivity contribution < 1.29 is 9.53 Å². The Morgan fingerprint density at radius 1 is 1.45 bits per heavy atom. The van der Waals surface area contributed by atoms with E-state index in [1.54, 1.807) is 12.1 Å². The van der Waals surface area contributed by atoms with Crippen molar-refractivity contribution in [3.8, 4) is 0 Å². The summed E-state index contributed by atoms with van der Waals surface area (Å²) in [5.41, 5.74) is 7.13. The zero-order valence-electron chi connectivity index (χ0n) is 12.5. The first kappa shape index (κ1) is 16.6. The zero-order chi connectivity index (χ0) is 15.3. The molecule has 2 unspecified atom stereocenters. The van der Waals surface area contributed by atoms with Gasteiger partial charge in [-0.2, -0.15) is 0 Å². The number of ether oxygens (including phenoxy) is 1. The van der Waals surface area contributed by atoms with Gasteiger partial charge in [0.15, 0.2) is 0 Å². The molecule has 4 nitrogen and oxygen atoms in total. The van der Waals surface area contributed by atoms with E-state index in [9.17, 15) is 4.79 Å². The van der Waals surface area contributed by atoms with Crippen molar-refractivity contribution in [2.75, 3.05) is 18.2 Å². The van der Waals surface area contributed by atoms with Crippen molar-refractivity contribution in [3.63, 3.8) is 0 Å². The second kappa shape index (κ2) is 7.39. The molecule has 0 saturated carbocycles. The van der Waals surface area contributed by atoms with Crippen LogP contribution in [0, 0.1) is 5.92 Å². The summed E-state index contributed by atoms with van der Waals surface area (Å²) >= 11 is 6.20. The predicted octanol–water partition coefficient (Wildman–Crippen LogP) is 3.95. The van der Waals surface area contributed by atoms with Gasteiger partial charge in [-0.15, -0.1) is 0 Å². The van der Waals surface area contributed by atoms with Crippen LogP contribution >= 0.6 is 11.6 Å². The highest BCUT2D eigenvalue weighted by Gasteiger charge is 2.18. The normalized spacial score (nSPS) is 13.7. The fourth-order valence-corrected chi connectivity index (χ4v) is 2.40. The number of carbonyl (C=O) groups excluding carboxylic acids is 1. The van der Waals surface area contributed by atoms with E-state index in [4.69, 9.17) is 22.1 Å². The van der Waals surface area contributed by atoms with E-state index in [2.05, 4.69) is 26.1 Å². The molecule has 1 aromatic rings. The Hall–Kier alpha value is -1.42. The lowest BCUT2D eigenvalue weighted by atomic mass is 10.00. The summed E-state index contributed by atoms with van der Waals surface area (Å²) in [5.74, 6) is 0.157. The van der Waals surface area contributed by atoms with E-state index in [1.807, 2.05) is 0 Å². The Balaban J connectivity index is 3.01. The van der Waals surface area contributed by atoms with Crippen LogP contribution in [0.3, 0.4) is 0 Å². The summed E-state index contributed by atoms with van der Waals surface area (Å²) < 4.78 is 4.78. The molecule has 0 aliphatic rings. The quantitative estimate of drug-likeness (QED) is 0.616. The zero-order valence-corrected chi connectivity index (χ0v) is 13.3. The maximum Gasteiger partial charge on any atom is 0.340 e. The summed E-state index contributed by atoms with van der Waals surface area (Å²) in [7, 11) is 1.34. The summed E-state index contributed by atoms with van der Waals surface area (Å²) in [6, 6.07) is 3.41. The van der Waals surface area contributed by atoms with Crippen molar-refractivity contribution in [2.45, 2.75) is 39.7 Å². The van der Waals surface area contributed by atoms with Gasteiger partial charge in [-0.25, -0.2) is 4.79 Å². The fraction of sp³-hybridized carbons (Fsp3) is 0.533. The van der Waals surface area contributed by atoms with E-state index in [0.717, 1.165) is 12.8 Å². The number of nitrogen functional groups attached to an aromatic ring is 1. The lowest BCUT2D eigenvalue weighted by Gasteiger charge is -2.21. The highest BCUT2D eigenvalue weighted by molar-refractivity contribution is 6.34. The minimum Gasteiger partial charge on any atom is -0.465 e. The molecular formula is C15H23ClN2O2. The molecule has 0 aromatic heterocycles. The Morgan fingerprint density at radius 2 is 2.10 bits per heavy atom. The van der Waals surface area contributed by atoms with Crippen LogP contribution in [0.15, 0.2) is 12.1 Å². The number of nitrogens with one attached hydrogen (secondary N) is 1. The predicted molar refractivity (Wildman–Crippen MR) is 84.4 cm³/mol. The molecule has 0 saturated heterocycles. The number of carbonyl (C=O) groups is 1. The number of hydrogen-bond donors (Lipinski definition) is 2. The minimum absolute atomic E-state index is 0.203. The molecule has 0 amide bonds. The first-order chi connectivity index (χ1) is 9.38. The number of esters is 1. The Kier molecular flexibility index (Phi) is 6.14. The molecular weight excluding hydrogens is 276 g/mol. The average molecular weight is 299 g/mol. The van der Waals surface area contributed by atoms with Crippen molar-refractivity contribution in [1.29, 1.82) is 0 Å². The van der Waals surface area contributed by atoms with Crippen LogP contribution in [0.25, 0.3) is 0 Å². The average Bonchev–Trinajstić information content (AvgIpc) is 2.40. The Labute approximate surface area is 125 Å². The van der Waals surface area contributed by atoms with Crippen molar-refractivity contribution in [1.82, 2.24) is 0 Å². The smallest absolute Gasteiger partial charge is 0.340 e. The Morgan fingerprint density at radius 3 is 2.65 bits per heavy atom. The van der Waals surface area contributed by atoms with Gasteiger partial charge in [0, 0.05) is 11.7 Å². The van der Waals surface area contributed by atoms with Crippen LogP contribution in [-0.2, 0) is 4.74 Å². The van der Waals surface area contributed by atoms with E-state index < -0.39 is 5.97 Å². The molecule has 0 aliphatic carbocycles. The standard InChI is InChI=1S/C15H23ClN2O2/c1-5-9(2)6-10(3)18-14-12(15(19)20-4)7-11(17)8-13(14)16/h7-10,18H,5-6,17H2,1-4H3. The highest BCUT2D eigenvalue weighted by atomic mass is 35.5. The van der Waals surface area contributed by atoms with Gasteiger partial charge in [0.05, 0.1) is 23.4 Å². The third kappa shape index (κ3) is 4.30. The molecule has 0 bridgehead atoms. The number of rotatable bonds is 6. The molecule has 0 heterocycles. The molecule has 20 heavy (non-hydrogen) atoms. The van der Waals surface area contributed by atoms with Gasteiger partial charge >= 0.3 is 5.97 Å². The first-order valence-corrected chi connectivity index (χ1v) is 7.20. The van der Waals surface area contributed by atoms with Gasteiger partial charge in [-0.05, 0) is 31.4 Å². The molecule has 0 radical (unpaired) electrons. The van der Waals surface area contributed by atoms with Gasteiger partial charge in [0.1, 0.15) is 0 Å². The third-order valence-corrected chi connectivity index (χ3v) is 3.66. The number of hydrogen-bond acceptors (Lipinski definition) is 4. The molecule has 0 spiro atoms. The van der Waals surface area contributed by atoms with Crippen molar-refractivity contribution in [3.05, 3.63) is 22.7 Å². The lowest BCUT2D eigenvalue weighted by Crippen LogP contribution is -2.20. The van der Waals surface area contributed by atoms with Crippen LogP contribution in [-0.4, -0.2) is 19.1 Å². The van der Waals surface area contributed by atoms with E-state index >= 15 is 0 Å². The summed E-state index contributed by atoms with van der Waals surface area (Å²) in [4.78, 5) is 11.8. The summed E-state index contributed by atoms with van der Waals surface area (Å²) in [6.45, 7) is 6.43. The van der Waals surface area contributed by atoms with Gasteiger partial charge in [-0.1, -0.05) is 31.9 Å². The summed E-state index contributed by atoms with van der Waals surface area (Å²) in [5, 5.41) is 3.73. The van der Waals surface area contributed by atoms with E-state index in [1.165, 1.54) is 7.11 Å². The topological polar surface area (TPSA) is 64.3 Å². The molecule has 112 valence electrons. The van der Waals surface area contributed by atoms with Crippen molar-refractivity contribution >= 4 is 28.9 Å². The van der Waals surface area contributed by atoms with Crippen LogP contribution in [0.2, 0.25) is 5.02 Å². The van der Waals surface area contributed by atoms with Crippen LogP contribution in [0.4, 0.5) is 11.4 Å². The third-order valence-electron chi connectivity index (χ3n) is 3.36. The second-order valence-corrected chi connectivity index (χ2v) is 5.62. The molecule has 1 aromatic carbocycles. The largest absolute Gasteiger partial charge is 0.465 e. The Bertz CT molecular complexity index is 477. The maximum absolute atomic E-state index is 11.8. The number of benzene rings is 1. The molecule has 0 aliphatic heterocycles. The molecule has 1 rings (SSSR count). The molecule has 3 N–H and O–H groups in total. The van der Waals surface area contributed by atoms with Crippen molar-refractivity contribution in [2.24, 2.45) is 5.92 Å². The minimum atomic E-state index is -0.447. The van der Waals surface area contributed by atoms with Gasteiger partial charge in [-0.3, -0.25) is 0 Å². The first-order valence-electron chi connectivity index (χ1n) is 6.82. The van der Waals surface area contributed by atoms with Crippen LogP contribution in [0.5, 0.6) is 0 Å². The van der Waals surface area contributed by atoms with Gasteiger partial charge in [0.25, 0.3) is 0 Å². The van der Waals surface area contributed by atoms with Gasteiger partial charge < -0.3 is 15.8 Å². The maximum atomic E-state index is 11.8. The lowest BCUT2D eigenvalue weighted by molar-refractivity contribution is 0.0602. The fourth-order valence-electron chi connectivity index (χ4n) is 2.12. The monoisotopic (exact) mass is 298 g/mol. The molecule has 5 heteroatoms. The number of nitrogens with two attached hydrogens (primary N) is 1. The van der Waals surface area contributed by atoms with Crippen LogP contribution in [0.1, 0.15) is 44.0 Å². The number of halogens is 1. The number of anilines is 2. The van der Waals surface area contributed by atoms with Crippen LogP contribution < -0.4 is 11.1 Å². The summed E-state index contributed by atoms with van der Waals surface area (Å²) in [6.07, 6.45) is 2.11. The number of methoxy groups -OCH3 is 1. The highest BCUT2D eigenvalue weighted by Crippen LogP contribution is 2.31. The van der Waals surface area contributed by atoms with E-state index in [0.29, 0.717) is 27.9 Å². The molecule has 0 fully saturated rings. The molecule has 2 atom stereocenters.